The van der Waals surface area contributed by atoms with E-state index in [1.165, 1.54) is 11.9 Å². The topological polar surface area (TPSA) is 117 Å². The second kappa shape index (κ2) is 4.92. The van der Waals surface area contributed by atoms with E-state index in [9.17, 15) is 14.4 Å². The van der Waals surface area contributed by atoms with Gasteiger partial charge in [-0.1, -0.05) is 0 Å². The number of nitrogens with zero attached hydrogens (tertiary/aromatic N) is 1. The van der Waals surface area contributed by atoms with Crippen molar-refractivity contribution in [1.82, 2.24) is 15.5 Å². The molecule has 0 saturated carbocycles. The number of carbonyl (C=O) groups is 3. The van der Waals surface area contributed by atoms with Crippen LogP contribution in [0.2, 0.25) is 0 Å². The van der Waals surface area contributed by atoms with Crippen molar-refractivity contribution in [3.8, 4) is 0 Å². The van der Waals surface area contributed by atoms with Crippen molar-refractivity contribution in [2.24, 2.45) is 5.92 Å². The lowest BCUT2D eigenvalue weighted by molar-refractivity contribution is -0.152. The summed E-state index contributed by atoms with van der Waals surface area (Å²) in [6.07, 6.45) is -1.39. The molecule has 0 aromatic heterocycles. The molecule has 3 heterocycles. The van der Waals surface area contributed by atoms with Gasteiger partial charge in [0, 0.05) is 18.5 Å². The zero-order valence-corrected chi connectivity index (χ0v) is 11.3. The van der Waals surface area contributed by atoms with Gasteiger partial charge in [-0.25, -0.2) is 9.59 Å². The molecule has 0 aromatic carbocycles. The van der Waals surface area contributed by atoms with Gasteiger partial charge in [0.2, 0.25) is 11.8 Å². The number of rotatable bonds is 3. The summed E-state index contributed by atoms with van der Waals surface area (Å²) in [5.74, 6) is -0.268. The van der Waals surface area contributed by atoms with Gasteiger partial charge in [0.05, 0.1) is 6.04 Å². The molecule has 1 unspecified atom stereocenters. The number of alkyl carbamates (subject to hydrolysis) is 1. The zero-order valence-electron chi connectivity index (χ0n) is 11.3. The van der Waals surface area contributed by atoms with Gasteiger partial charge in [0.15, 0.2) is 0 Å². The average Bonchev–Trinajstić information content (AvgIpc) is 2.75. The molecule has 2 amide bonds. The number of nitrogens with one attached hydrogen (secondary N) is 2. The van der Waals surface area contributed by atoms with E-state index in [-0.39, 0.29) is 36.4 Å². The van der Waals surface area contributed by atoms with Crippen LogP contribution in [0.1, 0.15) is 6.42 Å². The fraction of sp³-hybridized carbons (Fsp3) is 0.583. The van der Waals surface area contributed by atoms with Gasteiger partial charge in [-0.3, -0.25) is 9.69 Å². The first kappa shape index (κ1) is 13.7. The molecular formula is C12H15N3O6. The summed E-state index contributed by atoms with van der Waals surface area (Å²) in [5, 5.41) is 14.3. The van der Waals surface area contributed by atoms with Crippen LogP contribution in [0.4, 0.5) is 9.59 Å². The third-order valence-electron chi connectivity index (χ3n) is 4.06. The van der Waals surface area contributed by atoms with Crippen molar-refractivity contribution in [2.45, 2.75) is 18.5 Å². The van der Waals surface area contributed by atoms with Crippen LogP contribution in [0.25, 0.3) is 0 Å². The quantitative estimate of drug-likeness (QED) is 0.472. The molecule has 9 heteroatoms. The zero-order chi connectivity index (χ0) is 15.1. The van der Waals surface area contributed by atoms with Crippen LogP contribution < -0.4 is 10.6 Å². The van der Waals surface area contributed by atoms with Crippen molar-refractivity contribution in [2.75, 3.05) is 20.2 Å². The number of piperidine rings is 1. The highest BCUT2D eigenvalue weighted by molar-refractivity contribution is 5.93. The van der Waals surface area contributed by atoms with Crippen LogP contribution >= 0.6 is 0 Å². The highest BCUT2D eigenvalue weighted by Crippen LogP contribution is 2.46. The first-order chi connectivity index (χ1) is 10.0. The van der Waals surface area contributed by atoms with E-state index in [1.807, 2.05) is 0 Å². The van der Waals surface area contributed by atoms with Gasteiger partial charge < -0.3 is 25.2 Å². The Hall–Kier alpha value is -2.29. The summed E-state index contributed by atoms with van der Waals surface area (Å²) in [7, 11) is 1.43. The van der Waals surface area contributed by atoms with Gasteiger partial charge in [-0.2, -0.15) is 0 Å². The maximum Gasteiger partial charge on any atom is 0.512 e. The molecule has 0 spiro atoms. The number of carboxylic acid groups (broad SMARTS) is 1. The Morgan fingerprint density at radius 3 is 2.95 bits per heavy atom. The number of hydrogen-bond donors (Lipinski definition) is 3. The molecule has 3 N–H and O–H groups in total. The lowest BCUT2D eigenvalue weighted by atomic mass is 9.79. The fourth-order valence-electron chi connectivity index (χ4n) is 3.21. The van der Waals surface area contributed by atoms with Crippen molar-refractivity contribution in [3.63, 3.8) is 0 Å². The van der Waals surface area contributed by atoms with E-state index < -0.39 is 12.2 Å². The summed E-state index contributed by atoms with van der Waals surface area (Å²) >= 11 is 0. The maximum atomic E-state index is 12.0. The Labute approximate surface area is 119 Å². The van der Waals surface area contributed by atoms with Crippen LogP contribution in [0.5, 0.6) is 0 Å². The molecule has 3 atom stereocenters. The minimum atomic E-state index is -1.50. The molecule has 9 nitrogen and oxygen atoms in total. The summed E-state index contributed by atoms with van der Waals surface area (Å²) < 4.78 is 9.76. The molecule has 0 bridgehead atoms. The molecule has 0 aromatic rings. The molecule has 3 aliphatic rings. The Morgan fingerprint density at radius 1 is 1.52 bits per heavy atom. The largest absolute Gasteiger partial charge is 0.512 e. The minimum Gasteiger partial charge on any atom is -0.449 e. The number of amides is 2. The molecule has 3 rings (SSSR count). The van der Waals surface area contributed by atoms with E-state index in [4.69, 9.17) is 14.6 Å². The molecular weight excluding hydrogens is 282 g/mol. The van der Waals surface area contributed by atoms with E-state index >= 15 is 0 Å². The van der Waals surface area contributed by atoms with Crippen molar-refractivity contribution < 1.29 is 29.0 Å². The Bertz CT molecular complexity index is 545. The predicted octanol–water partition coefficient (Wildman–Crippen LogP) is -0.549. The van der Waals surface area contributed by atoms with Gasteiger partial charge in [0.25, 0.3) is 0 Å². The highest BCUT2D eigenvalue weighted by Gasteiger charge is 2.61. The fourth-order valence-corrected chi connectivity index (χ4v) is 3.21. The Kier molecular flexibility index (Phi) is 3.20. The highest BCUT2D eigenvalue weighted by atomic mass is 16.7. The smallest absolute Gasteiger partial charge is 0.449 e. The first-order valence-electron chi connectivity index (χ1n) is 6.59. The van der Waals surface area contributed by atoms with Crippen LogP contribution in [0.15, 0.2) is 11.5 Å². The Morgan fingerprint density at radius 2 is 2.29 bits per heavy atom. The van der Waals surface area contributed by atoms with Crippen LogP contribution in [-0.4, -0.2) is 60.4 Å². The second-order valence-electron chi connectivity index (χ2n) is 5.05. The minimum absolute atomic E-state index is 0.00801. The van der Waals surface area contributed by atoms with Crippen molar-refractivity contribution in [1.29, 1.82) is 0 Å². The summed E-state index contributed by atoms with van der Waals surface area (Å²) in [4.78, 5) is 35.4. The molecule has 2 saturated heterocycles. The van der Waals surface area contributed by atoms with E-state index in [1.54, 1.807) is 0 Å². The maximum absolute atomic E-state index is 12.0. The third-order valence-corrected chi connectivity index (χ3v) is 4.06. The number of ether oxygens (including phenoxy) is 2. The standard InChI is InChI=1S/C12H15N3O6/c1-13-11(17)20-4-6-5-2-3-14-7-8(5)15(9(7)16)10(6)21-12(18)19/h5,7-8,14H,2-4H2,1H3,(H,13,17)(H,18,19)/t5?,7-,8+/m0/s1. The summed E-state index contributed by atoms with van der Waals surface area (Å²) in [6.45, 7) is 0.551. The number of β-lactam (4-membered cyclic amide) rings is 1. The lowest BCUT2D eigenvalue weighted by Crippen LogP contribution is -2.71. The normalized spacial score (nSPS) is 29.7. The van der Waals surface area contributed by atoms with E-state index in [2.05, 4.69) is 10.6 Å². The van der Waals surface area contributed by atoms with Gasteiger partial charge in [-0.05, 0) is 13.0 Å². The second-order valence-corrected chi connectivity index (χ2v) is 5.05. The number of hydrogen-bond acceptors (Lipinski definition) is 6. The predicted molar refractivity (Wildman–Crippen MR) is 67.1 cm³/mol. The molecule has 2 fully saturated rings. The molecule has 114 valence electrons. The van der Waals surface area contributed by atoms with Gasteiger partial charge in [-0.15, -0.1) is 0 Å². The first-order valence-corrected chi connectivity index (χ1v) is 6.59. The molecule has 21 heavy (non-hydrogen) atoms. The van der Waals surface area contributed by atoms with Gasteiger partial charge >= 0.3 is 12.2 Å². The van der Waals surface area contributed by atoms with Crippen molar-refractivity contribution >= 4 is 18.2 Å². The number of carbonyl (C=O) groups excluding carboxylic acids is 2. The van der Waals surface area contributed by atoms with E-state index in [0.717, 1.165) is 6.42 Å². The van der Waals surface area contributed by atoms with Crippen LogP contribution in [0.3, 0.4) is 0 Å². The molecule has 0 aliphatic carbocycles. The van der Waals surface area contributed by atoms with Crippen molar-refractivity contribution in [3.05, 3.63) is 11.5 Å². The SMILES string of the molecule is CNC(=O)OCC1=C(OC(=O)O)N2C(=O)[C@H]3NCCC1[C@H]32. The van der Waals surface area contributed by atoms with Crippen LogP contribution in [-0.2, 0) is 14.3 Å². The monoisotopic (exact) mass is 297 g/mol. The summed E-state index contributed by atoms with van der Waals surface area (Å²) in [5.41, 5.74) is 0.545. The molecule has 3 aliphatic heterocycles. The summed E-state index contributed by atoms with van der Waals surface area (Å²) in [6, 6.07) is -0.461. The molecule has 0 radical (unpaired) electrons. The third kappa shape index (κ3) is 2.00. The lowest BCUT2D eigenvalue weighted by Gasteiger charge is -2.48. The van der Waals surface area contributed by atoms with Crippen LogP contribution in [0, 0.1) is 5.92 Å². The van der Waals surface area contributed by atoms with E-state index in [0.29, 0.717) is 12.1 Å². The average molecular weight is 297 g/mol. The van der Waals surface area contributed by atoms with Gasteiger partial charge in [0.1, 0.15) is 12.6 Å². The Balaban J connectivity index is 1.87.